The van der Waals surface area contributed by atoms with Gasteiger partial charge in [-0.2, -0.15) is 0 Å². The summed E-state index contributed by atoms with van der Waals surface area (Å²) in [5.41, 5.74) is 1.88. The topological polar surface area (TPSA) is 87.3 Å². The number of pyridine rings is 1. The maximum absolute atomic E-state index is 15.5. The number of ether oxygens (including phenoxy) is 1. The monoisotopic (exact) mass is 568 g/mol. The molecule has 0 aliphatic rings. The maximum Gasteiger partial charge on any atom is 0.337 e. The van der Waals surface area contributed by atoms with E-state index in [1.54, 1.807) is 51.3 Å². The normalized spacial score (nSPS) is 11.2. The summed E-state index contributed by atoms with van der Waals surface area (Å²) in [5.74, 6) is -0.0194. The molecule has 1 N–H and O–H groups in total. The number of methoxy groups -OCH3 is 1. The van der Waals surface area contributed by atoms with Gasteiger partial charge in [-0.15, -0.1) is 0 Å². The molecule has 0 spiro atoms. The lowest BCUT2D eigenvalue weighted by molar-refractivity contribution is 0.414. The van der Waals surface area contributed by atoms with Crippen molar-refractivity contribution in [3.8, 4) is 11.4 Å². The number of halogens is 1. The number of hydrogen-bond acceptors (Lipinski definition) is 5. The molecule has 0 bridgehead atoms. The number of rotatable bonds is 8. The lowest BCUT2D eigenvalue weighted by Gasteiger charge is -2.21. The Morgan fingerprint density at radius 2 is 1.64 bits per heavy atom. The summed E-state index contributed by atoms with van der Waals surface area (Å²) in [4.78, 5) is 41.9. The van der Waals surface area contributed by atoms with Gasteiger partial charge in [0.15, 0.2) is 0 Å². The van der Waals surface area contributed by atoms with E-state index in [1.165, 1.54) is 23.7 Å². The lowest BCUT2D eigenvalue weighted by Crippen LogP contribution is -2.42. The van der Waals surface area contributed by atoms with Gasteiger partial charge < -0.3 is 10.1 Å². The Morgan fingerprint density at radius 3 is 2.31 bits per heavy atom. The quantitative estimate of drug-likeness (QED) is 0.272. The Hall–Kier alpha value is -4.92. The summed E-state index contributed by atoms with van der Waals surface area (Å²) in [7, 11) is 3.04. The van der Waals surface area contributed by atoms with E-state index in [-0.39, 0.29) is 29.0 Å². The molecular formula is C33H33FN4O4. The average Bonchev–Trinajstić information content (AvgIpc) is 2.97. The highest BCUT2D eigenvalue weighted by Crippen LogP contribution is 2.28. The van der Waals surface area contributed by atoms with Gasteiger partial charge in [-0.05, 0) is 73.4 Å². The van der Waals surface area contributed by atoms with Crippen LogP contribution in [0, 0.1) is 19.7 Å². The van der Waals surface area contributed by atoms with Gasteiger partial charge in [0, 0.05) is 18.3 Å². The second-order valence-electron chi connectivity index (χ2n) is 10.5. The Kier molecular flexibility index (Phi) is 7.85. The third-order valence-electron chi connectivity index (χ3n) is 7.46. The molecular weight excluding hydrogens is 535 g/mol. The van der Waals surface area contributed by atoms with Crippen LogP contribution in [0.3, 0.4) is 0 Å². The lowest BCUT2D eigenvalue weighted by atomic mass is 10.1. The van der Waals surface area contributed by atoms with Crippen LogP contribution in [0.15, 0.2) is 81.1 Å². The zero-order valence-electron chi connectivity index (χ0n) is 24.3. The zero-order chi connectivity index (χ0) is 30.1. The van der Waals surface area contributed by atoms with Crippen molar-refractivity contribution in [2.75, 3.05) is 12.4 Å². The molecule has 0 amide bonds. The van der Waals surface area contributed by atoms with Crippen molar-refractivity contribution in [2.24, 2.45) is 7.05 Å². The molecule has 0 radical (unpaired) electrons. The van der Waals surface area contributed by atoms with Crippen molar-refractivity contribution < 1.29 is 9.13 Å². The van der Waals surface area contributed by atoms with E-state index in [4.69, 9.17) is 4.74 Å². The molecule has 0 atom stereocenters. The summed E-state index contributed by atoms with van der Waals surface area (Å²) in [6, 6.07) is 19.2. The van der Waals surface area contributed by atoms with Gasteiger partial charge in [-0.3, -0.25) is 18.7 Å². The predicted molar refractivity (Wildman–Crippen MR) is 164 cm³/mol. The molecule has 5 rings (SSSR count). The van der Waals surface area contributed by atoms with Crippen LogP contribution in [0.4, 0.5) is 15.8 Å². The van der Waals surface area contributed by atoms with Crippen LogP contribution >= 0.6 is 0 Å². The SMILES string of the molecule is CCCc1cccc(Nc2c(C)c(=O)n(C)c3c2c(=O)n(Cc2ccc(OC)cc2)c(=O)n3-c2ccc(C)cc2F)c1. The molecule has 2 aromatic heterocycles. The van der Waals surface area contributed by atoms with Crippen molar-refractivity contribution in [3.63, 3.8) is 0 Å². The van der Waals surface area contributed by atoms with Crippen molar-refractivity contribution in [1.82, 2.24) is 13.7 Å². The average molecular weight is 569 g/mol. The van der Waals surface area contributed by atoms with Crippen molar-refractivity contribution in [2.45, 2.75) is 40.2 Å². The van der Waals surface area contributed by atoms with Gasteiger partial charge in [-0.25, -0.2) is 13.8 Å². The second kappa shape index (κ2) is 11.5. The van der Waals surface area contributed by atoms with Crippen LogP contribution < -0.4 is 26.9 Å². The van der Waals surface area contributed by atoms with Crippen LogP contribution in [-0.4, -0.2) is 20.8 Å². The van der Waals surface area contributed by atoms with Crippen molar-refractivity contribution in [1.29, 1.82) is 0 Å². The first-order valence-electron chi connectivity index (χ1n) is 13.8. The van der Waals surface area contributed by atoms with E-state index < -0.39 is 22.6 Å². The van der Waals surface area contributed by atoms with Crippen LogP contribution in [0.1, 0.15) is 35.6 Å². The van der Waals surface area contributed by atoms with Crippen molar-refractivity contribution >= 4 is 22.4 Å². The second-order valence-corrected chi connectivity index (χ2v) is 10.5. The molecule has 0 aliphatic heterocycles. The molecule has 2 heterocycles. The fourth-order valence-electron chi connectivity index (χ4n) is 5.28. The summed E-state index contributed by atoms with van der Waals surface area (Å²) in [6.45, 7) is 5.40. The number of hydrogen-bond donors (Lipinski definition) is 1. The minimum Gasteiger partial charge on any atom is -0.497 e. The van der Waals surface area contributed by atoms with E-state index in [9.17, 15) is 14.4 Å². The molecule has 0 aliphatic carbocycles. The maximum atomic E-state index is 15.5. The van der Waals surface area contributed by atoms with Gasteiger partial charge in [0.05, 0.1) is 25.0 Å². The minimum absolute atomic E-state index is 0.00143. The van der Waals surface area contributed by atoms with Crippen LogP contribution in [0.2, 0.25) is 0 Å². The van der Waals surface area contributed by atoms with Crippen LogP contribution in [0.25, 0.3) is 16.7 Å². The third kappa shape index (κ3) is 5.13. The Balaban J connectivity index is 1.87. The molecule has 42 heavy (non-hydrogen) atoms. The first-order chi connectivity index (χ1) is 20.1. The number of aryl methyl sites for hydroxylation is 3. The third-order valence-corrected chi connectivity index (χ3v) is 7.46. The molecule has 0 fully saturated rings. The summed E-state index contributed by atoms with van der Waals surface area (Å²) in [5, 5.41) is 3.40. The van der Waals surface area contributed by atoms with Crippen LogP contribution in [0.5, 0.6) is 5.75 Å². The zero-order valence-corrected chi connectivity index (χ0v) is 24.3. The molecule has 0 unspecified atom stereocenters. The number of nitrogens with one attached hydrogen (secondary N) is 1. The number of aromatic nitrogens is 3. The highest BCUT2D eigenvalue weighted by molar-refractivity contribution is 5.93. The van der Waals surface area contributed by atoms with E-state index in [0.29, 0.717) is 28.1 Å². The first-order valence-corrected chi connectivity index (χ1v) is 13.8. The molecule has 8 nitrogen and oxygen atoms in total. The highest BCUT2D eigenvalue weighted by atomic mass is 19.1. The molecule has 0 saturated carbocycles. The summed E-state index contributed by atoms with van der Waals surface area (Å²) >= 11 is 0. The fourth-order valence-corrected chi connectivity index (χ4v) is 5.28. The van der Waals surface area contributed by atoms with Gasteiger partial charge >= 0.3 is 5.69 Å². The fraction of sp³-hybridized carbons (Fsp3) is 0.242. The first kappa shape index (κ1) is 28.6. The molecule has 216 valence electrons. The number of benzene rings is 3. The largest absolute Gasteiger partial charge is 0.497 e. The molecule has 9 heteroatoms. The smallest absolute Gasteiger partial charge is 0.337 e. The Bertz CT molecular complexity index is 1990. The van der Waals surface area contributed by atoms with Gasteiger partial charge in [-0.1, -0.05) is 43.7 Å². The van der Waals surface area contributed by atoms with Gasteiger partial charge in [0.25, 0.3) is 11.1 Å². The Morgan fingerprint density at radius 1 is 0.905 bits per heavy atom. The minimum atomic E-state index is -0.763. The van der Waals surface area contributed by atoms with E-state index >= 15 is 4.39 Å². The highest BCUT2D eigenvalue weighted by Gasteiger charge is 2.24. The van der Waals surface area contributed by atoms with E-state index in [1.807, 2.05) is 24.3 Å². The number of anilines is 2. The van der Waals surface area contributed by atoms with Gasteiger partial charge in [0.1, 0.15) is 22.6 Å². The summed E-state index contributed by atoms with van der Waals surface area (Å²) < 4.78 is 24.2. The Labute approximate surface area is 242 Å². The number of nitrogens with zero attached hydrogens (tertiary/aromatic N) is 3. The summed E-state index contributed by atoms with van der Waals surface area (Å²) in [6.07, 6.45) is 1.83. The van der Waals surface area contributed by atoms with Crippen LogP contribution in [-0.2, 0) is 20.0 Å². The van der Waals surface area contributed by atoms with Crippen molar-refractivity contribution in [3.05, 3.63) is 126 Å². The standard InChI is InChI=1S/C33H33FN4O4/c1-6-8-22-9-7-10-24(18-22)35-29-21(3)31(39)36(4)30-28(29)32(40)37(19-23-12-14-25(42-5)15-13-23)33(41)38(30)27-16-11-20(2)17-26(27)34/h7,9-18,35H,6,8,19H2,1-5H3. The van der Waals surface area contributed by atoms with E-state index in [0.717, 1.165) is 27.5 Å². The predicted octanol–water partition coefficient (Wildman–Crippen LogP) is 5.36. The van der Waals surface area contributed by atoms with E-state index in [2.05, 4.69) is 12.2 Å². The molecule has 0 saturated heterocycles. The number of fused-ring (bicyclic) bond motifs is 1. The molecule has 3 aromatic carbocycles. The molecule has 5 aromatic rings. The van der Waals surface area contributed by atoms with Gasteiger partial charge in [0.2, 0.25) is 0 Å².